The normalized spacial score (nSPS) is 22.0. The van der Waals surface area contributed by atoms with Gasteiger partial charge in [0.15, 0.2) is 0 Å². The van der Waals surface area contributed by atoms with Gasteiger partial charge in [-0.3, -0.25) is 15.1 Å². The molecular weight excluding hydrogens is 380 g/mol. The molecule has 0 atom stereocenters. The Morgan fingerprint density at radius 3 is 2.39 bits per heavy atom. The molecule has 28 heavy (non-hydrogen) atoms. The molecule has 1 saturated carbocycles. The molecule has 1 aliphatic carbocycles. The maximum Gasteiger partial charge on any atom is 0.324 e. The van der Waals surface area contributed by atoms with Crippen LogP contribution < -0.4 is 10.6 Å². The van der Waals surface area contributed by atoms with Gasteiger partial charge in [-0.15, -0.1) is 12.4 Å². The van der Waals surface area contributed by atoms with Crippen LogP contribution in [0.15, 0.2) is 24.3 Å². The van der Waals surface area contributed by atoms with Crippen molar-refractivity contribution in [3.05, 3.63) is 29.8 Å². The lowest BCUT2D eigenvalue weighted by Crippen LogP contribution is -2.41. The molecule has 0 bridgehead atoms. The number of amides is 2. The molecule has 1 aromatic rings. The summed E-state index contributed by atoms with van der Waals surface area (Å²) in [5, 5.41) is 7.46. The molecule has 2 fully saturated rings. The summed E-state index contributed by atoms with van der Waals surface area (Å²) >= 11 is 0. The van der Waals surface area contributed by atoms with Crippen molar-refractivity contribution in [1.82, 2.24) is 4.90 Å². The Morgan fingerprint density at radius 1 is 1.18 bits per heavy atom. The van der Waals surface area contributed by atoms with E-state index in [-0.39, 0.29) is 36.3 Å². The van der Waals surface area contributed by atoms with Crippen molar-refractivity contribution in [3.63, 3.8) is 0 Å². The van der Waals surface area contributed by atoms with E-state index in [1.165, 1.54) is 7.11 Å². The molecule has 0 spiro atoms. The largest absolute Gasteiger partial charge is 0.469 e. The number of halogens is 1. The van der Waals surface area contributed by atoms with Crippen LogP contribution in [0.1, 0.15) is 44.1 Å². The SMILES string of the molecule is COC(=O)CCC1CCC(N2CCN(c3ccc(C(=N)N)cc3)C2=O)CC1.Cl. The quantitative estimate of drug-likeness (QED) is 0.429. The Morgan fingerprint density at radius 2 is 1.82 bits per heavy atom. The Bertz CT molecular complexity index is 702. The van der Waals surface area contributed by atoms with Crippen molar-refractivity contribution in [2.75, 3.05) is 25.1 Å². The van der Waals surface area contributed by atoms with Crippen molar-refractivity contribution in [3.8, 4) is 0 Å². The lowest BCUT2D eigenvalue weighted by molar-refractivity contribution is -0.141. The van der Waals surface area contributed by atoms with E-state index in [4.69, 9.17) is 15.9 Å². The number of nitrogen functional groups attached to an aromatic ring is 1. The summed E-state index contributed by atoms with van der Waals surface area (Å²) in [6, 6.07) is 7.60. The van der Waals surface area contributed by atoms with Gasteiger partial charge < -0.3 is 15.4 Å². The first-order valence-electron chi connectivity index (χ1n) is 9.59. The number of nitrogens with two attached hydrogens (primary N) is 1. The van der Waals surface area contributed by atoms with Crippen molar-refractivity contribution < 1.29 is 14.3 Å². The van der Waals surface area contributed by atoms with Gasteiger partial charge in [0, 0.05) is 36.8 Å². The number of urea groups is 1. The zero-order valence-electron chi connectivity index (χ0n) is 16.2. The molecule has 1 heterocycles. The monoisotopic (exact) mass is 408 g/mol. The second kappa shape index (κ2) is 9.78. The van der Waals surface area contributed by atoms with Crippen LogP contribution in [0.3, 0.4) is 0 Å². The van der Waals surface area contributed by atoms with Gasteiger partial charge in [-0.1, -0.05) is 0 Å². The van der Waals surface area contributed by atoms with Crippen LogP contribution in [0, 0.1) is 11.3 Å². The number of nitrogens with one attached hydrogen (secondary N) is 1. The number of carbonyl (C=O) groups is 2. The maximum absolute atomic E-state index is 12.9. The van der Waals surface area contributed by atoms with Crippen LogP contribution in [-0.2, 0) is 9.53 Å². The van der Waals surface area contributed by atoms with E-state index in [1.807, 2.05) is 17.0 Å². The van der Waals surface area contributed by atoms with Crippen LogP contribution in [0.5, 0.6) is 0 Å². The first-order valence-corrected chi connectivity index (χ1v) is 9.59. The molecule has 0 radical (unpaired) electrons. The predicted octanol–water partition coefficient (Wildman–Crippen LogP) is 3.15. The molecule has 154 valence electrons. The van der Waals surface area contributed by atoms with Crippen LogP contribution in [0.4, 0.5) is 10.5 Å². The standard InChI is InChI=1S/C20H28N4O3.ClH/c1-27-18(25)11-4-14-2-7-16(8-3-14)23-12-13-24(20(23)26)17-9-5-15(6-10-17)19(21)22;/h5-6,9-10,14,16H,2-4,7-8,11-13H2,1H3,(H3,21,22);1H. The highest BCUT2D eigenvalue weighted by Crippen LogP contribution is 2.33. The van der Waals surface area contributed by atoms with Gasteiger partial charge in [0.1, 0.15) is 5.84 Å². The van der Waals surface area contributed by atoms with Gasteiger partial charge in [-0.05, 0) is 62.3 Å². The second-order valence-electron chi connectivity index (χ2n) is 7.38. The number of rotatable bonds is 6. The summed E-state index contributed by atoms with van der Waals surface area (Å²) in [5.41, 5.74) is 7.00. The number of methoxy groups -OCH3 is 1. The summed E-state index contributed by atoms with van der Waals surface area (Å²) in [6.45, 7) is 1.42. The van der Waals surface area contributed by atoms with Crippen LogP contribution >= 0.6 is 12.4 Å². The number of benzene rings is 1. The average Bonchev–Trinajstić information content (AvgIpc) is 3.08. The van der Waals surface area contributed by atoms with Crippen LogP contribution in [0.2, 0.25) is 0 Å². The Hall–Kier alpha value is -2.28. The third kappa shape index (κ3) is 4.95. The first-order chi connectivity index (χ1) is 13.0. The number of carbonyl (C=O) groups excluding carboxylic acids is 2. The third-order valence-electron chi connectivity index (χ3n) is 5.77. The van der Waals surface area contributed by atoms with Crippen molar-refractivity contribution in [1.29, 1.82) is 5.41 Å². The van der Waals surface area contributed by atoms with Crippen LogP contribution in [-0.4, -0.2) is 49.0 Å². The number of hydrogen-bond donors (Lipinski definition) is 2. The van der Waals surface area contributed by atoms with Crippen molar-refractivity contribution in [2.24, 2.45) is 11.7 Å². The molecule has 1 saturated heterocycles. The van der Waals surface area contributed by atoms with E-state index in [9.17, 15) is 9.59 Å². The number of esters is 1. The zero-order valence-corrected chi connectivity index (χ0v) is 17.0. The smallest absolute Gasteiger partial charge is 0.324 e. The molecule has 0 unspecified atom stereocenters. The van der Waals surface area contributed by atoms with E-state index in [2.05, 4.69) is 0 Å². The molecule has 3 N–H and O–H groups in total. The average molecular weight is 409 g/mol. The maximum atomic E-state index is 12.9. The lowest BCUT2D eigenvalue weighted by Gasteiger charge is -2.34. The summed E-state index contributed by atoms with van der Waals surface area (Å²) in [4.78, 5) is 28.0. The molecule has 8 heteroatoms. The highest BCUT2D eigenvalue weighted by molar-refractivity contribution is 5.97. The molecular formula is C20H29ClN4O3. The topological polar surface area (TPSA) is 99.7 Å². The van der Waals surface area contributed by atoms with E-state index in [0.717, 1.165) is 44.3 Å². The summed E-state index contributed by atoms with van der Waals surface area (Å²) in [6.07, 6.45) is 5.46. The number of nitrogens with zero attached hydrogens (tertiary/aromatic N) is 2. The third-order valence-corrected chi connectivity index (χ3v) is 5.77. The fourth-order valence-corrected chi connectivity index (χ4v) is 4.12. The number of ether oxygens (including phenoxy) is 1. The zero-order chi connectivity index (χ0) is 19.4. The molecule has 2 amide bonds. The van der Waals surface area contributed by atoms with Gasteiger partial charge >= 0.3 is 12.0 Å². The minimum absolute atomic E-state index is 0. The Balaban J connectivity index is 0.00000280. The van der Waals surface area contributed by atoms with Gasteiger partial charge in [0.25, 0.3) is 0 Å². The van der Waals surface area contributed by atoms with E-state index >= 15 is 0 Å². The second-order valence-corrected chi connectivity index (χ2v) is 7.38. The lowest BCUT2D eigenvalue weighted by atomic mass is 9.83. The fourth-order valence-electron chi connectivity index (χ4n) is 4.12. The molecule has 0 aromatic heterocycles. The Kier molecular flexibility index (Phi) is 7.69. The van der Waals surface area contributed by atoms with E-state index in [1.54, 1.807) is 17.0 Å². The highest BCUT2D eigenvalue weighted by atomic mass is 35.5. The minimum atomic E-state index is -0.140. The molecule has 7 nitrogen and oxygen atoms in total. The summed E-state index contributed by atoms with van der Waals surface area (Å²) < 4.78 is 4.72. The molecule has 3 rings (SSSR count). The minimum Gasteiger partial charge on any atom is -0.469 e. The first kappa shape index (κ1) is 22.0. The molecule has 1 aliphatic heterocycles. The summed E-state index contributed by atoms with van der Waals surface area (Å²) in [7, 11) is 1.43. The number of anilines is 1. The van der Waals surface area contributed by atoms with E-state index < -0.39 is 0 Å². The summed E-state index contributed by atoms with van der Waals surface area (Å²) in [5.74, 6) is 0.437. The van der Waals surface area contributed by atoms with Crippen LogP contribution in [0.25, 0.3) is 0 Å². The molecule has 1 aromatic carbocycles. The van der Waals surface area contributed by atoms with Gasteiger partial charge in [-0.2, -0.15) is 0 Å². The number of hydrogen-bond acceptors (Lipinski definition) is 4. The number of amidine groups is 1. The van der Waals surface area contributed by atoms with Crippen molar-refractivity contribution in [2.45, 2.75) is 44.6 Å². The predicted molar refractivity (Wildman–Crippen MR) is 111 cm³/mol. The Labute approximate surface area is 172 Å². The molecule has 2 aliphatic rings. The van der Waals surface area contributed by atoms with Gasteiger partial charge in [-0.25, -0.2) is 4.79 Å². The van der Waals surface area contributed by atoms with E-state index in [0.29, 0.717) is 24.4 Å². The fraction of sp³-hybridized carbons (Fsp3) is 0.550. The highest BCUT2D eigenvalue weighted by Gasteiger charge is 2.36. The van der Waals surface area contributed by atoms with Gasteiger partial charge in [0.2, 0.25) is 0 Å². The van der Waals surface area contributed by atoms with Crippen molar-refractivity contribution >= 4 is 35.9 Å². The van der Waals surface area contributed by atoms with Gasteiger partial charge in [0.05, 0.1) is 7.11 Å².